The summed E-state index contributed by atoms with van der Waals surface area (Å²) < 4.78 is 0. The predicted molar refractivity (Wildman–Crippen MR) is 79.5 cm³/mol. The number of carbonyl (C=O) groups is 1. The van der Waals surface area contributed by atoms with Crippen LogP contribution < -0.4 is 11.1 Å². The number of nitrogens with one attached hydrogen (secondary N) is 2. The Balaban J connectivity index is 1.97. The van der Waals surface area contributed by atoms with Gasteiger partial charge >= 0.3 is 0 Å². The fourth-order valence-corrected chi connectivity index (χ4v) is 3.01. The molecule has 0 saturated carbocycles. The van der Waals surface area contributed by atoms with E-state index in [1.807, 2.05) is 13.8 Å². The number of anilines is 1. The third kappa shape index (κ3) is 3.19. The summed E-state index contributed by atoms with van der Waals surface area (Å²) in [5, 5.41) is 9.91. The number of nitrogens with zero attached hydrogens (tertiary/aromatic N) is 2. The Morgan fingerprint density at radius 3 is 2.90 bits per heavy atom. The van der Waals surface area contributed by atoms with Gasteiger partial charge in [0.15, 0.2) is 0 Å². The second-order valence-corrected chi connectivity index (χ2v) is 5.75. The minimum atomic E-state index is 0.00477. The Bertz CT molecular complexity index is 451. The molecule has 1 aliphatic rings. The lowest BCUT2D eigenvalue weighted by Gasteiger charge is -2.38. The Morgan fingerprint density at radius 2 is 2.30 bits per heavy atom. The number of piperidine rings is 1. The highest BCUT2D eigenvalue weighted by Crippen LogP contribution is 2.22. The monoisotopic (exact) mass is 279 g/mol. The molecule has 0 aliphatic carbocycles. The maximum Gasteiger partial charge on any atom is 0.238 e. The molecule has 1 amide bonds. The second kappa shape index (κ2) is 6.37. The van der Waals surface area contributed by atoms with Gasteiger partial charge in [0.1, 0.15) is 0 Å². The van der Waals surface area contributed by atoms with Crippen LogP contribution in [0, 0.1) is 19.8 Å². The van der Waals surface area contributed by atoms with Gasteiger partial charge < -0.3 is 11.1 Å². The van der Waals surface area contributed by atoms with E-state index in [2.05, 4.69) is 27.3 Å². The van der Waals surface area contributed by atoms with Crippen molar-refractivity contribution in [3.63, 3.8) is 0 Å². The molecule has 6 nitrogen and oxygen atoms in total. The third-order valence-electron chi connectivity index (χ3n) is 4.21. The molecule has 1 aromatic rings. The molecule has 112 valence electrons. The Hall–Kier alpha value is -1.40. The number of aromatic amines is 1. The van der Waals surface area contributed by atoms with E-state index in [1.54, 1.807) is 0 Å². The number of nitrogens with two attached hydrogens (primary N) is 1. The molecule has 4 N–H and O–H groups in total. The van der Waals surface area contributed by atoms with Crippen LogP contribution in [0.15, 0.2) is 0 Å². The molecule has 2 rings (SSSR count). The summed E-state index contributed by atoms with van der Waals surface area (Å²) >= 11 is 0. The van der Waals surface area contributed by atoms with E-state index in [0.717, 1.165) is 30.0 Å². The van der Waals surface area contributed by atoms with Crippen LogP contribution >= 0.6 is 0 Å². The van der Waals surface area contributed by atoms with Gasteiger partial charge in [0.25, 0.3) is 0 Å². The van der Waals surface area contributed by atoms with E-state index in [9.17, 15) is 4.79 Å². The van der Waals surface area contributed by atoms with Crippen molar-refractivity contribution >= 4 is 11.6 Å². The molecule has 1 aliphatic heterocycles. The van der Waals surface area contributed by atoms with E-state index in [-0.39, 0.29) is 5.91 Å². The number of hydrogen-bond acceptors (Lipinski definition) is 4. The van der Waals surface area contributed by atoms with Crippen LogP contribution in [-0.4, -0.2) is 46.7 Å². The lowest BCUT2D eigenvalue weighted by Crippen LogP contribution is -2.51. The summed E-state index contributed by atoms with van der Waals surface area (Å²) in [7, 11) is 0. The molecule has 1 fully saturated rings. The van der Waals surface area contributed by atoms with Gasteiger partial charge in [0, 0.05) is 12.6 Å². The molecule has 6 heteroatoms. The molecule has 0 radical (unpaired) electrons. The molecule has 1 aromatic heterocycles. The van der Waals surface area contributed by atoms with Crippen molar-refractivity contribution < 1.29 is 4.79 Å². The number of amides is 1. The van der Waals surface area contributed by atoms with Crippen LogP contribution in [0.3, 0.4) is 0 Å². The zero-order valence-electron chi connectivity index (χ0n) is 12.6. The highest BCUT2D eigenvalue weighted by molar-refractivity contribution is 5.93. The number of H-pyrrole nitrogens is 1. The molecule has 0 spiro atoms. The van der Waals surface area contributed by atoms with Gasteiger partial charge in [-0.3, -0.25) is 14.8 Å². The first-order valence-electron chi connectivity index (χ1n) is 7.28. The fraction of sp³-hybridized carbons (Fsp3) is 0.714. The molecule has 0 bridgehead atoms. The predicted octanol–water partition coefficient (Wildman–Crippen LogP) is 1.02. The average Bonchev–Trinajstić information content (AvgIpc) is 2.71. The highest BCUT2D eigenvalue weighted by Gasteiger charge is 2.28. The Labute approximate surface area is 120 Å². The number of aromatic nitrogens is 2. The molecule has 2 atom stereocenters. The SMILES string of the molecule is Cc1n[nH]c(C)c1NC(=O)CN1CCCC(C)C1CN. The Kier molecular flexibility index (Phi) is 4.77. The van der Waals surface area contributed by atoms with E-state index in [1.165, 1.54) is 6.42 Å². The number of likely N-dealkylation sites (tertiary alicyclic amines) is 1. The molecule has 2 unspecified atom stereocenters. The lowest BCUT2D eigenvalue weighted by molar-refractivity contribution is -0.118. The first-order chi connectivity index (χ1) is 9.52. The number of rotatable bonds is 4. The standard InChI is InChI=1S/C14H25N5O/c1-9-5-4-6-19(12(9)7-15)8-13(20)16-14-10(2)17-18-11(14)3/h9,12H,4-8,15H2,1-3H3,(H,16,20)(H,17,18). The van der Waals surface area contributed by atoms with Crippen LogP contribution in [0.5, 0.6) is 0 Å². The van der Waals surface area contributed by atoms with Crippen molar-refractivity contribution in [2.75, 3.05) is 25.0 Å². The Morgan fingerprint density at radius 1 is 1.55 bits per heavy atom. The first kappa shape index (κ1) is 15.0. The second-order valence-electron chi connectivity index (χ2n) is 5.75. The summed E-state index contributed by atoms with van der Waals surface area (Å²) in [6.07, 6.45) is 2.33. The lowest BCUT2D eigenvalue weighted by atomic mass is 9.91. The number of aryl methyl sites for hydroxylation is 2. The summed E-state index contributed by atoms with van der Waals surface area (Å²) in [6.45, 7) is 7.95. The minimum absolute atomic E-state index is 0.00477. The van der Waals surface area contributed by atoms with Crippen LogP contribution in [0.1, 0.15) is 31.2 Å². The average molecular weight is 279 g/mol. The quantitative estimate of drug-likeness (QED) is 0.768. The van der Waals surface area contributed by atoms with Crippen molar-refractivity contribution in [3.05, 3.63) is 11.4 Å². The zero-order chi connectivity index (χ0) is 14.7. The summed E-state index contributed by atoms with van der Waals surface area (Å²) in [6, 6.07) is 0.307. The van der Waals surface area contributed by atoms with Crippen molar-refractivity contribution in [1.29, 1.82) is 0 Å². The van der Waals surface area contributed by atoms with E-state index in [0.29, 0.717) is 25.0 Å². The largest absolute Gasteiger partial charge is 0.329 e. The van der Waals surface area contributed by atoms with Crippen LogP contribution in [0.25, 0.3) is 0 Å². The van der Waals surface area contributed by atoms with E-state index >= 15 is 0 Å². The topological polar surface area (TPSA) is 87.0 Å². The summed E-state index contributed by atoms with van der Waals surface area (Å²) in [5.74, 6) is 0.559. The molecule has 2 heterocycles. The van der Waals surface area contributed by atoms with Crippen LogP contribution in [0.4, 0.5) is 5.69 Å². The van der Waals surface area contributed by atoms with Crippen molar-refractivity contribution in [2.24, 2.45) is 11.7 Å². The van der Waals surface area contributed by atoms with Crippen LogP contribution in [-0.2, 0) is 4.79 Å². The molecular weight excluding hydrogens is 254 g/mol. The fourth-order valence-electron chi connectivity index (χ4n) is 3.01. The number of carbonyl (C=O) groups excluding carboxylic acids is 1. The van der Waals surface area contributed by atoms with Gasteiger partial charge in [0.2, 0.25) is 5.91 Å². The minimum Gasteiger partial charge on any atom is -0.329 e. The molecule has 0 aromatic carbocycles. The van der Waals surface area contributed by atoms with Gasteiger partial charge in [-0.25, -0.2) is 0 Å². The maximum absolute atomic E-state index is 12.2. The normalized spacial score (nSPS) is 23.8. The maximum atomic E-state index is 12.2. The zero-order valence-corrected chi connectivity index (χ0v) is 12.6. The van der Waals surface area contributed by atoms with Gasteiger partial charge in [-0.1, -0.05) is 6.92 Å². The van der Waals surface area contributed by atoms with E-state index in [4.69, 9.17) is 5.73 Å². The molecule has 20 heavy (non-hydrogen) atoms. The smallest absolute Gasteiger partial charge is 0.238 e. The van der Waals surface area contributed by atoms with Crippen molar-refractivity contribution in [3.8, 4) is 0 Å². The van der Waals surface area contributed by atoms with Crippen LogP contribution in [0.2, 0.25) is 0 Å². The first-order valence-corrected chi connectivity index (χ1v) is 7.28. The van der Waals surface area contributed by atoms with E-state index < -0.39 is 0 Å². The van der Waals surface area contributed by atoms with Crippen molar-refractivity contribution in [1.82, 2.24) is 15.1 Å². The van der Waals surface area contributed by atoms with Gasteiger partial charge in [-0.05, 0) is 39.2 Å². The molecular formula is C14H25N5O. The third-order valence-corrected chi connectivity index (χ3v) is 4.21. The summed E-state index contributed by atoms with van der Waals surface area (Å²) in [4.78, 5) is 14.4. The number of hydrogen-bond donors (Lipinski definition) is 3. The van der Waals surface area contributed by atoms with Gasteiger partial charge in [-0.2, -0.15) is 5.10 Å². The highest BCUT2D eigenvalue weighted by atomic mass is 16.2. The van der Waals surface area contributed by atoms with Gasteiger partial charge in [0.05, 0.1) is 23.6 Å². The molecule has 1 saturated heterocycles. The summed E-state index contributed by atoms with van der Waals surface area (Å²) in [5.41, 5.74) is 8.36. The van der Waals surface area contributed by atoms with Crippen molar-refractivity contribution in [2.45, 2.75) is 39.7 Å². The van der Waals surface area contributed by atoms with Gasteiger partial charge in [-0.15, -0.1) is 0 Å².